The molecule has 1 heterocycles. The molecular weight excluding hydrogens is 434 g/mol. The van der Waals surface area contributed by atoms with Crippen molar-refractivity contribution in [3.8, 4) is 0 Å². The van der Waals surface area contributed by atoms with Gasteiger partial charge in [0.1, 0.15) is 0 Å². The van der Waals surface area contributed by atoms with Gasteiger partial charge < -0.3 is 0 Å². The van der Waals surface area contributed by atoms with Crippen molar-refractivity contribution in [2.24, 2.45) is 0 Å². The van der Waals surface area contributed by atoms with Crippen LogP contribution in [0, 0.1) is 0 Å². The van der Waals surface area contributed by atoms with E-state index in [1.54, 1.807) is 24.4 Å². The number of pyridine rings is 1. The van der Waals surface area contributed by atoms with E-state index in [1.807, 2.05) is 30.3 Å². The predicted molar refractivity (Wildman–Crippen MR) is 108 cm³/mol. The first-order valence-electron chi connectivity index (χ1n) is 8.03. The first kappa shape index (κ1) is 18.9. The molecular formula is C20H16Cl2N2OSe. The van der Waals surface area contributed by atoms with Gasteiger partial charge in [0.2, 0.25) is 0 Å². The van der Waals surface area contributed by atoms with Gasteiger partial charge in [0, 0.05) is 0 Å². The maximum atomic E-state index is 12.1. The maximum absolute atomic E-state index is 12.1. The summed E-state index contributed by atoms with van der Waals surface area (Å²) in [7, 11) is 0. The van der Waals surface area contributed by atoms with Gasteiger partial charge in [-0.15, -0.1) is 0 Å². The molecule has 0 aliphatic rings. The van der Waals surface area contributed by atoms with Crippen molar-refractivity contribution in [2.45, 2.75) is 6.42 Å². The molecule has 132 valence electrons. The molecule has 0 radical (unpaired) electrons. The Bertz CT molecular complexity index is 889. The monoisotopic (exact) mass is 450 g/mol. The topological polar surface area (TPSA) is 42.0 Å². The molecule has 3 nitrogen and oxygen atoms in total. The molecule has 0 fully saturated rings. The summed E-state index contributed by atoms with van der Waals surface area (Å²) in [5.74, 6) is -0.180. The zero-order valence-corrected chi connectivity index (χ0v) is 17.0. The Morgan fingerprint density at radius 3 is 2.46 bits per heavy atom. The average Bonchev–Trinajstić information content (AvgIpc) is 2.67. The zero-order valence-electron chi connectivity index (χ0n) is 13.8. The summed E-state index contributed by atoms with van der Waals surface area (Å²) in [6.07, 6.45) is 2.29. The molecule has 1 aromatic heterocycles. The zero-order chi connectivity index (χ0) is 18.4. The normalized spacial score (nSPS) is 10.5. The number of nitrogens with zero attached hydrogens (tertiary/aromatic N) is 1. The fraction of sp³-hybridized carbons (Fsp3) is 0.100. The third-order valence-electron chi connectivity index (χ3n) is 3.65. The first-order chi connectivity index (χ1) is 12.6. The fourth-order valence-electron chi connectivity index (χ4n) is 2.37. The van der Waals surface area contributed by atoms with E-state index in [1.165, 1.54) is 8.92 Å². The van der Waals surface area contributed by atoms with Crippen LogP contribution in [0.3, 0.4) is 0 Å². The van der Waals surface area contributed by atoms with Gasteiger partial charge in [-0.2, -0.15) is 0 Å². The Morgan fingerprint density at radius 2 is 1.73 bits per heavy atom. The standard InChI is InChI=1S/C20H16Cl2N2OSe/c21-16-12-14(9-11-24-20(25)18-8-4-5-10-23-18)19(13-17(16)22)26-15-6-2-1-3-7-15/h1-8,10,12-13H,9,11H2,(H,24,25). The minimum atomic E-state index is -0.180. The summed E-state index contributed by atoms with van der Waals surface area (Å²) in [5, 5.41) is 3.99. The van der Waals surface area contributed by atoms with E-state index in [2.05, 4.69) is 22.4 Å². The molecule has 0 saturated carbocycles. The van der Waals surface area contributed by atoms with Crippen LogP contribution >= 0.6 is 23.2 Å². The number of benzene rings is 2. The van der Waals surface area contributed by atoms with Crippen LogP contribution in [-0.4, -0.2) is 32.4 Å². The number of aromatic nitrogens is 1. The predicted octanol–water partition coefficient (Wildman–Crippen LogP) is 3.02. The van der Waals surface area contributed by atoms with Crippen molar-refractivity contribution in [2.75, 3.05) is 6.54 Å². The molecule has 2 aromatic carbocycles. The molecule has 0 bridgehead atoms. The second-order valence-electron chi connectivity index (χ2n) is 5.51. The number of rotatable bonds is 6. The molecule has 0 saturated heterocycles. The van der Waals surface area contributed by atoms with Gasteiger partial charge in [-0.3, -0.25) is 0 Å². The Morgan fingerprint density at radius 1 is 1.00 bits per heavy atom. The molecule has 1 amide bonds. The van der Waals surface area contributed by atoms with Crippen LogP contribution in [0.15, 0.2) is 66.9 Å². The van der Waals surface area contributed by atoms with Crippen molar-refractivity contribution in [1.29, 1.82) is 0 Å². The summed E-state index contributed by atoms with van der Waals surface area (Å²) < 4.78 is 2.43. The summed E-state index contributed by atoms with van der Waals surface area (Å²) in [4.78, 5) is 16.2. The van der Waals surface area contributed by atoms with E-state index in [9.17, 15) is 4.79 Å². The second kappa shape index (κ2) is 9.20. The molecule has 0 spiro atoms. The van der Waals surface area contributed by atoms with E-state index in [0.717, 1.165) is 5.56 Å². The van der Waals surface area contributed by atoms with Gasteiger partial charge in [0.25, 0.3) is 0 Å². The molecule has 0 aliphatic heterocycles. The number of halogens is 2. The van der Waals surface area contributed by atoms with E-state index >= 15 is 0 Å². The van der Waals surface area contributed by atoms with Gasteiger partial charge in [-0.05, 0) is 0 Å². The van der Waals surface area contributed by atoms with Crippen LogP contribution < -0.4 is 14.2 Å². The summed E-state index contributed by atoms with van der Waals surface area (Å²) >= 11 is 12.5. The number of carbonyl (C=O) groups excluding carboxylic acids is 1. The van der Waals surface area contributed by atoms with Crippen LogP contribution in [0.5, 0.6) is 0 Å². The van der Waals surface area contributed by atoms with Crippen molar-refractivity contribution >= 4 is 53.0 Å². The van der Waals surface area contributed by atoms with E-state index in [0.29, 0.717) is 28.7 Å². The Balaban J connectivity index is 1.70. The van der Waals surface area contributed by atoms with Gasteiger partial charge in [0.15, 0.2) is 0 Å². The summed E-state index contributed by atoms with van der Waals surface area (Å²) in [5.41, 5.74) is 1.51. The fourth-order valence-corrected chi connectivity index (χ4v) is 5.00. The van der Waals surface area contributed by atoms with E-state index in [4.69, 9.17) is 23.2 Å². The van der Waals surface area contributed by atoms with Crippen LogP contribution in [0.25, 0.3) is 0 Å². The Hall–Kier alpha value is -1.84. The molecule has 3 rings (SSSR count). The number of hydrogen-bond acceptors (Lipinski definition) is 2. The van der Waals surface area contributed by atoms with Crippen molar-refractivity contribution in [1.82, 2.24) is 10.3 Å². The van der Waals surface area contributed by atoms with Crippen molar-refractivity contribution in [3.05, 3.63) is 88.2 Å². The van der Waals surface area contributed by atoms with Crippen molar-refractivity contribution in [3.63, 3.8) is 0 Å². The van der Waals surface area contributed by atoms with Crippen LogP contribution in [0.1, 0.15) is 16.1 Å². The van der Waals surface area contributed by atoms with E-state index < -0.39 is 0 Å². The minimum absolute atomic E-state index is 0.121. The van der Waals surface area contributed by atoms with Gasteiger partial charge in [-0.1, -0.05) is 0 Å². The van der Waals surface area contributed by atoms with Gasteiger partial charge in [-0.25, -0.2) is 0 Å². The van der Waals surface area contributed by atoms with Crippen LogP contribution in [-0.2, 0) is 6.42 Å². The SMILES string of the molecule is O=C(NCCc1cc(Cl)c(Cl)cc1[Se]c1ccccc1)c1ccccn1. The van der Waals surface area contributed by atoms with Crippen LogP contribution in [0.4, 0.5) is 0 Å². The molecule has 26 heavy (non-hydrogen) atoms. The Labute approximate surface area is 168 Å². The third kappa shape index (κ3) is 5.09. The molecule has 1 N–H and O–H groups in total. The average molecular weight is 450 g/mol. The van der Waals surface area contributed by atoms with E-state index in [-0.39, 0.29) is 20.9 Å². The molecule has 0 unspecified atom stereocenters. The summed E-state index contributed by atoms with van der Waals surface area (Å²) in [6, 6.07) is 19.4. The second-order valence-corrected chi connectivity index (χ2v) is 8.66. The number of amides is 1. The first-order valence-corrected chi connectivity index (χ1v) is 10.5. The summed E-state index contributed by atoms with van der Waals surface area (Å²) in [6.45, 7) is 0.505. The Kier molecular flexibility index (Phi) is 6.70. The van der Waals surface area contributed by atoms with Crippen LogP contribution in [0.2, 0.25) is 10.0 Å². The van der Waals surface area contributed by atoms with Gasteiger partial charge in [0.05, 0.1) is 0 Å². The third-order valence-corrected chi connectivity index (χ3v) is 6.70. The van der Waals surface area contributed by atoms with Crippen molar-refractivity contribution < 1.29 is 4.79 Å². The number of carbonyl (C=O) groups is 1. The quantitative estimate of drug-likeness (QED) is 0.587. The number of hydrogen-bond donors (Lipinski definition) is 1. The molecule has 6 heteroatoms. The molecule has 3 aromatic rings. The molecule has 0 atom stereocenters. The number of nitrogens with one attached hydrogen (secondary N) is 1. The van der Waals surface area contributed by atoms with Gasteiger partial charge >= 0.3 is 169 Å². The molecule has 0 aliphatic carbocycles.